The average molecular weight is 246 g/mol. The van der Waals surface area contributed by atoms with E-state index in [-0.39, 0.29) is 23.4 Å². The van der Waals surface area contributed by atoms with Crippen LogP contribution in [0, 0.1) is 5.41 Å². The van der Waals surface area contributed by atoms with Gasteiger partial charge in [-0.2, -0.15) is 0 Å². The fourth-order valence-corrected chi connectivity index (χ4v) is 1.86. The van der Waals surface area contributed by atoms with Gasteiger partial charge >= 0.3 is 0 Å². The lowest BCUT2D eigenvalue weighted by Crippen LogP contribution is -2.35. The number of allylic oxidation sites excluding steroid dienone is 1. The monoisotopic (exact) mass is 244 g/mol. The molecule has 0 bridgehead atoms. The van der Waals surface area contributed by atoms with Crippen molar-refractivity contribution in [2.24, 2.45) is 5.41 Å². The Morgan fingerprint density at radius 2 is 1.77 bits per heavy atom. The largest absolute Gasteiger partial charge is 0.504 e. The lowest BCUT2D eigenvalue weighted by Gasteiger charge is -2.22. The minimum Gasteiger partial charge on any atom is -0.504 e. The molecule has 0 saturated carbocycles. The molecule has 0 aliphatic heterocycles. The summed E-state index contributed by atoms with van der Waals surface area (Å²) in [6.45, 7) is 0. The Bertz CT molecular complexity index is 180. The number of carbonyl (C=O) groups excluding carboxylic acids is 1. The quantitative estimate of drug-likeness (QED) is 0.408. The van der Waals surface area contributed by atoms with Crippen LogP contribution in [0.4, 0.5) is 0 Å². The smallest absolute Gasteiger partial charge is 0.168 e. The first-order valence-corrected chi connectivity index (χ1v) is 5.19. The van der Waals surface area contributed by atoms with Gasteiger partial charge in [0.25, 0.3) is 0 Å². The highest BCUT2D eigenvalue weighted by Gasteiger charge is 2.34. The molecule has 76 valence electrons. The van der Waals surface area contributed by atoms with E-state index < -0.39 is 5.41 Å². The maximum atomic E-state index is 11.5. The van der Waals surface area contributed by atoms with Crippen molar-refractivity contribution < 1.29 is 9.53 Å². The lowest BCUT2D eigenvalue weighted by atomic mass is 9.90. The topological polar surface area (TPSA) is 26.3 Å². The number of alkyl halides is 3. The Hall–Kier alpha value is 0.0800. The molecule has 0 aliphatic rings. The number of rotatable bonds is 6. The van der Waals surface area contributed by atoms with Crippen molar-refractivity contribution >= 4 is 40.6 Å². The molecule has 0 aromatic rings. The zero-order valence-corrected chi connectivity index (χ0v) is 9.49. The van der Waals surface area contributed by atoms with Gasteiger partial charge in [0.1, 0.15) is 0 Å². The highest BCUT2D eigenvalue weighted by molar-refractivity contribution is 6.28. The van der Waals surface area contributed by atoms with E-state index in [2.05, 4.69) is 4.74 Å². The normalized spacial score (nSPS) is 12.0. The van der Waals surface area contributed by atoms with E-state index in [1.807, 2.05) is 0 Å². The molecule has 0 atom stereocenters. The Kier molecular flexibility index (Phi) is 6.56. The lowest BCUT2D eigenvalue weighted by molar-refractivity contribution is -0.120. The fraction of sp³-hybridized carbons (Fsp3) is 0.625. The van der Waals surface area contributed by atoms with Crippen LogP contribution in [0.2, 0.25) is 0 Å². The Labute approximate surface area is 92.8 Å². The van der Waals surface area contributed by atoms with E-state index in [1.165, 1.54) is 19.4 Å². The van der Waals surface area contributed by atoms with Crippen LogP contribution < -0.4 is 0 Å². The molecule has 0 radical (unpaired) electrons. The van der Waals surface area contributed by atoms with Crippen LogP contribution in [0.1, 0.15) is 0 Å². The minimum atomic E-state index is -0.875. The van der Waals surface area contributed by atoms with E-state index >= 15 is 0 Å². The summed E-state index contributed by atoms with van der Waals surface area (Å²) in [6, 6.07) is 0. The second kappa shape index (κ2) is 6.52. The molecule has 0 spiro atoms. The molecule has 2 nitrogen and oxygen atoms in total. The molecule has 0 unspecified atom stereocenters. The van der Waals surface area contributed by atoms with E-state index in [9.17, 15) is 4.79 Å². The zero-order valence-electron chi connectivity index (χ0n) is 7.23. The van der Waals surface area contributed by atoms with Crippen LogP contribution in [0.3, 0.4) is 0 Å². The predicted octanol–water partition coefficient (Wildman–Crippen LogP) is 2.42. The molecule has 0 rings (SSSR count). The molecule has 0 N–H and O–H groups in total. The van der Waals surface area contributed by atoms with Crippen LogP contribution in [-0.2, 0) is 9.53 Å². The number of hydrogen-bond acceptors (Lipinski definition) is 2. The van der Waals surface area contributed by atoms with Crippen molar-refractivity contribution in [2.45, 2.75) is 0 Å². The summed E-state index contributed by atoms with van der Waals surface area (Å²) in [5, 5.41) is 0. The Morgan fingerprint density at radius 1 is 1.31 bits per heavy atom. The standard InChI is InChI=1S/C8H11Cl3O2/c1-13-3-2-7(12)8(4-9,5-10)6-11/h2-3H,4-6H2,1H3. The number of carbonyl (C=O) groups is 1. The van der Waals surface area contributed by atoms with Crippen LogP contribution >= 0.6 is 34.8 Å². The summed E-state index contributed by atoms with van der Waals surface area (Å²) in [5.74, 6) is 0.0986. The number of ketones is 1. The molecular weight excluding hydrogens is 234 g/mol. The van der Waals surface area contributed by atoms with Gasteiger partial charge in [-0.15, -0.1) is 34.8 Å². The van der Waals surface area contributed by atoms with Crippen LogP contribution in [-0.4, -0.2) is 30.5 Å². The molecule has 0 aromatic heterocycles. The van der Waals surface area contributed by atoms with Crippen molar-refractivity contribution in [3.8, 4) is 0 Å². The van der Waals surface area contributed by atoms with E-state index in [4.69, 9.17) is 34.8 Å². The van der Waals surface area contributed by atoms with Gasteiger partial charge in [-0.05, 0) is 0 Å². The van der Waals surface area contributed by atoms with Gasteiger partial charge < -0.3 is 4.74 Å². The van der Waals surface area contributed by atoms with Crippen LogP contribution in [0.5, 0.6) is 0 Å². The molecular formula is C8H11Cl3O2. The number of methoxy groups -OCH3 is 1. The molecule has 13 heavy (non-hydrogen) atoms. The van der Waals surface area contributed by atoms with Crippen molar-refractivity contribution in [2.75, 3.05) is 24.7 Å². The molecule has 0 fully saturated rings. The molecule has 0 heterocycles. The summed E-state index contributed by atoms with van der Waals surface area (Å²) in [7, 11) is 1.45. The molecule has 0 amide bonds. The maximum Gasteiger partial charge on any atom is 0.168 e. The first-order chi connectivity index (χ1) is 6.16. The number of hydrogen-bond donors (Lipinski definition) is 0. The summed E-state index contributed by atoms with van der Waals surface area (Å²) in [4.78, 5) is 11.5. The SMILES string of the molecule is COC=CC(=O)C(CCl)(CCl)CCl. The third-order valence-electron chi connectivity index (χ3n) is 1.65. The third kappa shape index (κ3) is 3.37. The number of ether oxygens (including phenoxy) is 1. The first-order valence-electron chi connectivity index (χ1n) is 3.58. The Balaban J connectivity index is 4.53. The van der Waals surface area contributed by atoms with Crippen LogP contribution in [0.25, 0.3) is 0 Å². The van der Waals surface area contributed by atoms with Crippen molar-refractivity contribution in [1.29, 1.82) is 0 Å². The predicted molar refractivity (Wildman–Crippen MR) is 55.7 cm³/mol. The summed E-state index contributed by atoms with van der Waals surface area (Å²) >= 11 is 16.9. The van der Waals surface area contributed by atoms with Crippen LogP contribution in [0.15, 0.2) is 12.3 Å². The van der Waals surface area contributed by atoms with Gasteiger partial charge in [0, 0.05) is 23.7 Å². The molecule has 0 aliphatic carbocycles. The van der Waals surface area contributed by atoms with Crippen molar-refractivity contribution in [3.63, 3.8) is 0 Å². The number of halogens is 3. The second-order valence-electron chi connectivity index (χ2n) is 2.58. The highest BCUT2D eigenvalue weighted by Crippen LogP contribution is 2.25. The van der Waals surface area contributed by atoms with Gasteiger partial charge in [0.2, 0.25) is 0 Å². The zero-order chi connectivity index (χ0) is 10.3. The third-order valence-corrected chi connectivity index (χ3v) is 3.18. The molecule has 0 aromatic carbocycles. The van der Waals surface area contributed by atoms with Gasteiger partial charge in [-0.1, -0.05) is 0 Å². The highest BCUT2D eigenvalue weighted by atomic mass is 35.5. The van der Waals surface area contributed by atoms with Gasteiger partial charge in [-0.3, -0.25) is 4.79 Å². The van der Waals surface area contributed by atoms with E-state index in [0.29, 0.717) is 0 Å². The summed E-state index contributed by atoms with van der Waals surface area (Å²) in [5.41, 5.74) is -0.875. The van der Waals surface area contributed by atoms with E-state index in [0.717, 1.165) is 0 Å². The van der Waals surface area contributed by atoms with Gasteiger partial charge in [0.15, 0.2) is 5.78 Å². The van der Waals surface area contributed by atoms with Crippen molar-refractivity contribution in [1.82, 2.24) is 0 Å². The van der Waals surface area contributed by atoms with Gasteiger partial charge in [0.05, 0.1) is 18.8 Å². The minimum absolute atomic E-state index is 0.104. The van der Waals surface area contributed by atoms with Gasteiger partial charge in [-0.25, -0.2) is 0 Å². The average Bonchev–Trinajstić information content (AvgIpc) is 2.18. The maximum absolute atomic E-state index is 11.5. The fourth-order valence-electron chi connectivity index (χ4n) is 0.611. The van der Waals surface area contributed by atoms with E-state index in [1.54, 1.807) is 0 Å². The van der Waals surface area contributed by atoms with Crippen molar-refractivity contribution in [3.05, 3.63) is 12.3 Å². The Morgan fingerprint density at radius 3 is 2.08 bits per heavy atom. The second-order valence-corrected chi connectivity index (χ2v) is 3.39. The first kappa shape index (κ1) is 13.1. The summed E-state index contributed by atoms with van der Waals surface area (Å²) < 4.78 is 4.61. The molecule has 5 heteroatoms. The summed E-state index contributed by atoms with van der Waals surface area (Å²) in [6.07, 6.45) is 2.57. The molecule has 0 saturated heterocycles.